The zero-order chi connectivity index (χ0) is 15.7. The van der Waals surface area contributed by atoms with E-state index < -0.39 is 0 Å². The maximum Gasteiger partial charge on any atom is 0.326 e. The molecular formula is C18H18N2O2. The predicted molar refractivity (Wildman–Crippen MR) is 89.6 cm³/mol. The zero-order valence-electron chi connectivity index (χ0n) is 12.9. The Balaban J connectivity index is 1.79. The van der Waals surface area contributed by atoms with E-state index in [1.807, 2.05) is 56.3 Å². The van der Waals surface area contributed by atoms with Crippen molar-refractivity contribution < 1.29 is 9.21 Å². The van der Waals surface area contributed by atoms with Crippen molar-refractivity contribution in [3.05, 3.63) is 59.9 Å². The largest absolute Gasteiger partial charge is 0.464 e. The third-order valence-corrected chi connectivity index (χ3v) is 3.74. The fraction of sp³-hybridized carbons (Fsp3) is 0.167. The molecule has 0 unspecified atom stereocenters. The second-order valence-corrected chi connectivity index (χ2v) is 5.45. The van der Waals surface area contributed by atoms with Crippen LogP contribution < -0.4 is 10.2 Å². The molecule has 0 saturated heterocycles. The first kappa shape index (κ1) is 14.2. The average molecular weight is 294 g/mol. The van der Waals surface area contributed by atoms with Crippen molar-refractivity contribution in [1.29, 1.82) is 0 Å². The SMILES string of the molecule is Cc1ccc(N(C)C(=O)Nc2ccc3occ(C)c3c2)cc1. The monoisotopic (exact) mass is 294 g/mol. The molecule has 0 fully saturated rings. The summed E-state index contributed by atoms with van der Waals surface area (Å²) in [6, 6.07) is 13.3. The van der Waals surface area contributed by atoms with Crippen LogP contribution in [-0.4, -0.2) is 13.1 Å². The average Bonchev–Trinajstić information content (AvgIpc) is 2.88. The van der Waals surface area contributed by atoms with E-state index in [-0.39, 0.29) is 6.03 Å². The standard InChI is InChI=1S/C18H18N2O2/c1-12-4-7-15(8-5-12)20(3)18(21)19-14-6-9-17-16(10-14)13(2)11-22-17/h4-11H,1-3H3,(H,19,21). The molecule has 112 valence electrons. The van der Waals surface area contributed by atoms with Gasteiger partial charge in [0.2, 0.25) is 0 Å². The summed E-state index contributed by atoms with van der Waals surface area (Å²) in [5, 5.41) is 3.92. The van der Waals surface area contributed by atoms with Crippen molar-refractivity contribution in [2.75, 3.05) is 17.3 Å². The second kappa shape index (κ2) is 5.56. The number of rotatable bonds is 2. The lowest BCUT2D eigenvalue weighted by Gasteiger charge is -2.18. The molecule has 22 heavy (non-hydrogen) atoms. The summed E-state index contributed by atoms with van der Waals surface area (Å²) in [5.74, 6) is 0. The predicted octanol–water partition coefficient (Wildman–Crippen LogP) is 4.72. The number of carbonyl (C=O) groups is 1. The van der Waals surface area contributed by atoms with Crippen LogP contribution in [0.4, 0.5) is 16.2 Å². The van der Waals surface area contributed by atoms with E-state index in [1.54, 1.807) is 18.2 Å². The molecule has 1 heterocycles. The minimum Gasteiger partial charge on any atom is -0.464 e. The van der Waals surface area contributed by atoms with Crippen molar-refractivity contribution in [1.82, 2.24) is 0 Å². The van der Waals surface area contributed by atoms with Gasteiger partial charge in [-0.2, -0.15) is 0 Å². The lowest BCUT2D eigenvalue weighted by Crippen LogP contribution is -2.31. The van der Waals surface area contributed by atoms with Crippen molar-refractivity contribution in [2.45, 2.75) is 13.8 Å². The van der Waals surface area contributed by atoms with Gasteiger partial charge in [-0.1, -0.05) is 17.7 Å². The van der Waals surface area contributed by atoms with Gasteiger partial charge in [0.15, 0.2) is 0 Å². The fourth-order valence-corrected chi connectivity index (χ4v) is 2.33. The summed E-state index contributed by atoms with van der Waals surface area (Å²) in [7, 11) is 1.75. The number of furan rings is 1. The van der Waals surface area contributed by atoms with Gasteiger partial charge in [0.05, 0.1) is 6.26 Å². The number of urea groups is 1. The number of nitrogens with one attached hydrogen (secondary N) is 1. The van der Waals surface area contributed by atoms with Gasteiger partial charge < -0.3 is 9.73 Å². The summed E-state index contributed by atoms with van der Waals surface area (Å²) >= 11 is 0. The highest BCUT2D eigenvalue weighted by Crippen LogP contribution is 2.24. The van der Waals surface area contributed by atoms with E-state index in [4.69, 9.17) is 4.42 Å². The van der Waals surface area contributed by atoms with Gasteiger partial charge in [-0.15, -0.1) is 0 Å². The Morgan fingerprint density at radius 1 is 1.09 bits per heavy atom. The molecule has 3 aromatic rings. The number of anilines is 2. The Hall–Kier alpha value is -2.75. The lowest BCUT2D eigenvalue weighted by molar-refractivity contribution is 0.258. The van der Waals surface area contributed by atoms with Gasteiger partial charge >= 0.3 is 6.03 Å². The van der Waals surface area contributed by atoms with Crippen molar-refractivity contribution in [3.8, 4) is 0 Å². The molecule has 2 aromatic carbocycles. The molecular weight excluding hydrogens is 276 g/mol. The first-order chi connectivity index (χ1) is 10.5. The molecule has 0 aliphatic carbocycles. The summed E-state index contributed by atoms with van der Waals surface area (Å²) in [5.41, 5.74) is 4.64. The Bertz CT molecular complexity index is 819. The van der Waals surface area contributed by atoms with E-state index in [9.17, 15) is 4.79 Å². The highest BCUT2D eigenvalue weighted by Gasteiger charge is 2.12. The molecule has 0 spiro atoms. The van der Waals surface area contributed by atoms with Crippen LogP contribution in [0.15, 0.2) is 53.1 Å². The minimum absolute atomic E-state index is 0.177. The first-order valence-electron chi connectivity index (χ1n) is 7.14. The molecule has 0 radical (unpaired) electrons. The minimum atomic E-state index is -0.177. The molecule has 0 aliphatic heterocycles. The number of amides is 2. The van der Waals surface area contributed by atoms with Crippen LogP contribution in [-0.2, 0) is 0 Å². The van der Waals surface area contributed by atoms with E-state index in [2.05, 4.69) is 5.32 Å². The number of benzene rings is 2. The zero-order valence-corrected chi connectivity index (χ0v) is 12.9. The Morgan fingerprint density at radius 2 is 1.82 bits per heavy atom. The van der Waals surface area contributed by atoms with E-state index in [0.717, 1.165) is 27.9 Å². The van der Waals surface area contributed by atoms with Gasteiger partial charge in [0, 0.05) is 23.8 Å². The van der Waals surface area contributed by atoms with Gasteiger partial charge in [-0.05, 0) is 49.7 Å². The molecule has 2 amide bonds. The molecule has 4 nitrogen and oxygen atoms in total. The molecule has 4 heteroatoms. The summed E-state index contributed by atoms with van der Waals surface area (Å²) in [6.07, 6.45) is 1.72. The second-order valence-electron chi connectivity index (χ2n) is 5.45. The summed E-state index contributed by atoms with van der Waals surface area (Å²) in [6.45, 7) is 4.00. The maximum absolute atomic E-state index is 12.3. The van der Waals surface area contributed by atoms with Crippen LogP contribution in [0.25, 0.3) is 11.0 Å². The Kier molecular flexibility index (Phi) is 3.59. The van der Waals surface area contributed by atoms with E-state index in [1.165, 1.54) is 5.56 Å². The van der Waals surface area contributed by atoms with Gasteiger partial charge in [-0.25, -0.2) is 4.79 Å². The van der Waals surface area contributed by atoms with Gasteiger partial charge in [0.1, 0.15) is 5.58 Å². The molecule has 0 saturated carbocycles. The quantitative estimate of drug-likeness (QED) is 0.743. The third-order valence-electron chi connectivity index (χ3n) is 3.74. The lowest BCUT2D eigenvalue weighted by atomic mass is 10.2. The van der Waals surface area contributed by atoms with Crippen molar-refractivity contribution in [3.63, 3.8) is 0 Å². The highest BCUT2D eigenvalue weighted by atomic mass is 16.3. The van der Waals surface area contributed by atoms with Gasteiger partial charge in [0.25, 0.3) is 0 Å². The smallest absolute Gasteiger partial charge is 0.326 e. The van der Waals surface area contributed by atoms with Crippen molar-refractivity contribution in [2.24, 2.45) is 0 Å². The molecule has 3 rings (SSSR count). The molecule has 0 atom stereocenters. The van der Waals surface area contributed by atoms with Crippen LogP contribution in [0.3, 0.4) is 0 Å². The topological polar surface area (TPSA) is 45.5 Å². The molecule has 1 aromatic heterocycles. The maximum atomic E-state index is 12.3. The first-order valence-corrected chi connectivity index (χ1v) is 7.14. The van der Waals surface area contributed by atoms with E-state index >= 15 is 0 Å². The third kappa shape index (κ3) is 2.68. The number of hydrogen-bond donors (Lipinski definition) is 1. The fourth-order valence-electron chi connectivity index (χ4n) is 2.33. The van der Waals surface area contributed by atoms with Gasteiger partial charge in [-0.3, -0.25) is 4.90 Å². The number of hydrogen-bond acceptors (Lipinski definition) is 2. The highest BCUT2D eigenvalue weighted by molar-refractivity contribution is 6.02. The molecule has 0 aliphatic rings. The van der Waals surface area contributed by atoms with Crippen LogP contribution in [0.1, 0.15) is 11.1 Å². The summed E-state index contributed by atoms with van der Waals surface area (Å²) in [4.78, 5) is 13.9. The molecule has 0 bridgehead atoms. The Morgan fingerprint density at radius 3 is 2.55 bits per heavy atom. The molecule has 1 N–H and O–H groups in total. The number of carbonyl (C=O) groups excluding carboxylic acids is 1. The normalized spacial score (nSPS) is 10.7. The Labute approximate surface area is 129 Å². The van der Waals surface area contributed by atoms with E-state index in [0.29, 0.717) is 0 Å². The number of fused-ring (bicyclic) bond motifs is 1. The number of nitrogens with zero attached hydrogens (tertiary/aromatic N) is 1. The van der Waals surface area contributed by atoms with Crippen molar-refractivity contribution >= 4 is 28.4 Å². The summed E-state index contributed by atoms with van der Waals surface area (Å²) < 4.78 is 5.41. The van der Waals surface area contributed by atoms with Crippen LogP contribution in [0.5, 0.6) is 0 Å². The number of aryl methyl sites for hydroxylation is 2. The van der Waals surface area contributed by atoms with Crippen LogP contribution >= 0.6 is 0 Å². The van der Waals surface area contributed by atoms with Crippen LogP contribution in [0.2, 0.25) is 0 Å². The van der Waals surface area contributed by atoms with Crippen LogP contribution in [0, 0.1) is 13.8 Å².